The van der Waals surface area contributed by atoms with E-state index < -0.39 is 0 Å². The molecule has 0 radical (unpaired) electrons. The van der Waals surface area contributed by atoms with E-state index in [1.165, 1.54) is 19.3 Å². The Morgan fingerprint density at radius 3 is 2.76 bits per heavy atom. The molecule has 1 amide bonds. The number of carbonyl (C=O) groups excluding carboxylic acids is 1. The van der Waals surface area contributed by atoms with Crippen molar-refractivity contribution in [1.29, 1.82) is 0 Å². The van der Waals surface area contributed by atoms with Gasteiger partial charge in [0.05, 0.1) is 16.6 Å². The molecule has 1 atom stereocenters. The monoisotopic (exact) mass is 496 g/mol. The molecular weight excluding hydrogens is 464 g/mol. The van der Waals surface area contributed by atoms with Gasteiger partial charge >= 0.3 is 0 Å². The molecule has 3 aliphatic rings. The van der Waals surface area contributed by atoms with Crippen LogP contribution >= 0.6 is 0 Å². The Labute approximate surface area is 215 Å². The minimum atomic E-state index is 0.0678. The highest BCUT2D eigenvalue weighted by Gasteiger charge is 2.33. The van der Waals surface area contributed by atoms with Gasteiger partial charge in [0.25, 0.3) is 5.91 Å². The second kappa shape index (κ2) is 9.04. The number of carbonyl (C=O) groups is 1. The molecule has 0 bridgehead atoms. The summed E-state index contributed by atoms with van der Waals surface area (Å²) in [7, 11) is 0. The van der Waals surface area contributed by atoms with Gasteiger partial charge in [-0.15, -0.1) is 10.2 Å². The van der Waals surface area contributed by atoms with Crippen molar-refractivity contribution in [3.63, 3.8) is 0 Å². The van der Waals surface area contributed by atoms with Gasteiger partial charge in [0, 0.05) is 49.8 Å². The first-order valence-corrected chi connectivity index (χ1v) is 13.7. The van der Waals surface area contributed by atoms with E-state index in [0.717, 1.165) is 79.3 Å². The summed E-state index contributed by atoms with van der Waals surface area (Å²) in [6, 6.07) is 7.80. The number of hydrogen-bond acceptors (Lipinski definition) is 6. The van der Waals surface area contributed by atoms with Gasteiger partial charge in [-0.2, -0.15) is 9.78 Å². The molecule has 1 aliphatic carbocycles. The summed E-state index contributed by atoms with van der Waals surface area (Å²) in [5.74, 6) is 3.59. The van der Waals surface area contributed by atoms with E-state index in [4.69, 9.17) is 10.1 Å². The van der Waals surface area contributed by atoms with Crippen molar-refractivity contribution in [3.05, 3.63) is 59.1 Å². The molecule has 0 spiro atoms. The predicted octanol–water partition coefficient (Wildman–Crippen LogP) is 4.34. The first kappa shape index (κ1) is 22.6. The van der Waals surface area contributed by atoms with Crippen LogP contribution in [0, 0.1) is 6.92 Å². The number of rotatable bonds is 4. The number of aromatic nitrogens is 7. The predicted molar refractivity (Wildman–Crippen MR) is 139 cm³/mol. The summed E-state index contributed by atoms with van der Waals surface area (Å²) in [5, 5.41) is 14.8. The summed E-state index contributed by atoms with van der Waals surface area (Å²) >= 11 is 0. The van der Waals surface area contributed by atoms with E-state index in [2.05, 4.69) is 19.7 Å². The van der Waals surface area contributed by atoms with E-state index in [9.17, 15) is 4.79 Å². The highest BCUT2D eigenvalue weighted by Crippen LogP contribution is 2.41. The quantitative estimate of drug-likeness (QED) is 0.417. The molecule has 190 valence electrons. The van der Waals surface area contributed by atoms with Crippen LogP contribution in [0.5, 0.6) is 0 Å². The lowest BCUT2D eigenvalue weighted by molar-refractivity contribution is 0.0705. The Bertz CT molecular complexity index is 1470. The third-order valence-corrected chi connectivity index (χ3v) is 8.14. The SMILES string of the molecule is Cc1nn(-c2ccccn2)c2nc(C3CC3)cc(C(=O)N3CCCC(c4nnc5n4CCCCC5)C3)c12. The van der Waals surface area contributed by atoms with Gasteiger partial charge < -0.3 is 9.47 Å². The topological polar surface area (TPSA) is 94.6 Å². The van der Waals surface area contributed by atoms with E-state index in [0.29, 0.717) is 23.8 Å². The number of pyridine rings is 2. The van der Waals surface area contributed by atoms with Crippen LogP contribution in [0.3, 0.4) is 0 Å². The maximum absolute atomic E-state index is 14.2. The van der Waals surface area contributed by atoms with Crippen LogP contribution in [0.1, 0.15) is 90.2 Å². The average molecular weight is 497 g/mol. The van der Waals surface area contributed by atoms with Crippen molar-refractivity contribution in [2.24, 2.45) is 0 Å². The van der Waals surface area contributed by atoms with E-state index in [1.54, 1.807) is 10.9 Å². The molecule has 9 heteroatoms. The number of likely N-dealkylation sites (tertiary alicyclic amines) is 1. The lowest BCUT2D eigenvalue weighted by Crippen LogP contribution is -2.40. The fraction of sp³-hybridized carbons (Fsp3) is 0.500. The summed E-state index contributed by atoms with van der Waals surface area (Å²) in [6.07, 6.45) is 10.6. The molecule has 4 aromatic rings. The molecule has 7 rings (SSSR count). The summed E-state index contributed by atoms with van der Waals surface area (Å²) in [4.78, 5) is 25.7. The number of amides is 1. The largest absolute Gasteiger partial charge is 0.338 e. The zero-order valence-corrected chi connectivity index (χ0v) is 21.3. The van der Waals surface area contributed by atoms with Crippen LogP contribution in [0.2, 0.25) is 0 Å². The maximum Gasteiger partial charge on any atom is 0.254 e. The standard InChI is InChI=1S/C28H32N8O/c1-18-25-21(16-22(19-11-12-19)30-27(25)36(33-18)23-9-4-5-13-29-23)28(37)34-14-7-8-20(17-34)26-32-31-24-10-3-2-6-15-35(24)26/h4-5,9,13,16,19-20H,2-3,6-8,10-12,14-15,17H2,1H3. The Hall–Kier alpha value is -3.62. The number of fused-ring (bicyclic) bond motifs is 2. The zero-order chi connectivity index (χ0) is 24.9. The minimum Gasteiger partial charge on any atom is -0.338 e. The Kier molecular flexibility index (Phi) is 5.52. The molecule has 1 unspecified atom stereocenters. The highest BCUT2D eigenvalue weighted by molar-refractivity contribution is 6.07. The van der Waals surface area contributed by atoms with Gasteiger partial charge in [0.2, 0.25) is 0 Å². The van der Waals surface area contributed by atoms with Crippen LogP contribution in [0.25, 0.3) is 16.9 Å². The van der Waals surface area contributed by atoms with Crippen LogP contribution in [0.4, 0.5) is 0 Å². The summed E-state index contributed by atoms with van der Waals surface area (Å²) in [6.45, 7) is 4.38. The minimum absolute atomic E-state index is 0.0678. The third kappa shape index (κ3) is 4.01. The first-order chi connectivity index (χ1) is 18.2. The highest BCUT2D eigenvalue weighted by atomic mass is 16.2. The van der Waals surface area contributed by atoms with Crippen molar-refractivity contribution in [1.82, 2.24) is 39.4 Å². The van der Waals surface area contributed by atoms with Gasteiger partial charge in [-0.25, -0.2) is 9.97 Å². The number of hydrogen-bond donors (Lipinski definition) is 0. The molecule has 1 saturated carbocycles. The maximum atomic E-state index is 14.2. The normalized spacial score (nSPS) is 20.1. The molecule has 6 heterocycles. The summed E-state index contributed by atoms with van der Waals surface area (Å²) < 4.78 is 4.13. The van der Waals surface area contributed by atoms with Crippen molar-refractivity contribution in [2.75, 3.05) is 13.1 Å². The van der Waals surface area contributed by atoms with E-state index in [-0.39, 0.29) is 11.8 Å². The van der Waals surface area contributed by atoms with Gasteiger partial charge in [0.1, 0.15) is 11.6 Å². The van der Waals surface area contributed by atoms with Crippen molar-refractivity contribution < 1.29 is 4.79 Å². The lowest BCUT2D eigenvalue weighted by Gasteiger charge is -2.32. The van der Waals surface area contributed by atoms with Gasteiger partial charge in [-0.3, -0.25) is 4.79 Å². The van der Waals surface area contributed by atoms with Gasteiger partial charge in [-0.05, 0) is 63.6 Å². The van der Waals surface area contributed by atoms with Crippen LogP contribution in [-0.4, -0.2) is 58.4 Å². The molecule has 0 aromatic carbocycles. The van der Waals surface area contributed by atoms with Crippen molar-refractivity contribution in [2.45, 2.75) is 76.7 Å². The van der Waals surface area contributed by atoms with E-state index in [1.807, 2.05) is 36.1 Å². The van der Waals surface area contributed by atoms with Crippen LogP contribution in [0.15, 0.2) is 30.5 Å². The Morgan fingerprint density at radius 1 is 1.00 bits per heavy atom. The Morgan fingerprint density at radius 2 is 1.92 bits per heavy atom. The molecule has 4 aromatic heterocycles. The first-order valence-electron chi connectivity index (χ1n) is 13.7. The molecular formula is C28H32N8O. The smallest absolute Gasteiger partial charge is 0.254 e. The van der Waals surface area contributed by atoms with Crippen molar-refractivity contribution in [3.8, 4) is 5.82 Å². The van der Waals surface area contributed by atoms with Gasteiger partial charge in [0.15, 0.2) is 11.5 Å². The molecule has 9 nitrogen and oxygen atoms in total. The number of piperidine rings is 1. The third-order valence-electron chi connectivity index (χ3n) is 8.14. The average Bonchev–Trinajstić information content (AvgIpc) is 3.69. The second-order valence-electron chi connectivity index (χ2n) is 10.8. The van der Waals surface area contributed by atoms with Crippen molar-refractivity contribution >= 4 is 16.9 Å². The molecule has 37 heavy (non-hydrogen) atoms. The number of nitrogens with zero attached hydrogens (tertiary/aromatic N) is 8. The van der Waals surface area contributed by atoms with Crippen LogP contribution < -0.4 is 0 Å². The van der Waals surface area contributed by atoms with Gasteiger partial charge in [-0.1, -0.05) is 12.5 Å². The molecule has 1 saturated heterocycles. The second-order valence-corrected chi connectivity index (χ2v) is 10.8. The lowest BCUT2D eigenvalue weighted by atomic mass is 9.95. The molecule has 0 N–H and O–H groups in total. The number of aryl methyl sites for hydroxylation is 2. The fourth-order valence-electron chi connectivity index (χ4n) is 6.06. The Balaban J connectivity index is 1.26. The molecule has 2 aliphatic heterocycles. The molecule has 2 fully saturated rings. The van der Waals surface area contributed by atoms with Crippen LogP contribution in [-0.2, 0) is 13.0 Å². The van der Waals surface area contributed by atoms with E-state index >= 15 is 0 Å². The summed E-state index contributed by atoms with van der Waals surface area (Å²) in [5.41, 5.74) is 3.23. The fourth-order valence-corrected chi connectivity index (χ4v) is 6.06. The zero-order valence-electron chi connectivity index (χ0n) is 21.3.